The number of halogens is 3. The van der Waals surface area contributed by atoms with Gasteiger partial charge in [0.1, 0.15) is 0 Å². The van der Waals surface area contributed by atoms with Crippen LogP contribution in [0.5, 0.6) is 0 Å². The summed E-state index contributed by atoms with van der Waals surface area (Å²) in [6.45, 7) is 2.10. The number of hydrogen-bond donors (Lipinski definition) is 1. The Kier molecular flexibility index (Phi) is 6.15. The van der Waals surface area contributed by atoms with E-state index in [0.717, 1.165) is 17.7 Å². The number of piperidine rings is 1. The van der Waals surface area contributed by atoms with E-state index in [1.807, 2.05) is 31.2 Å². The van der Waals surface area contributed by atoms with Crippen LogP contribution in [0, 0.1) is 6.92 Å². The lowest BCUT2D eigenvalue weighted by atomic mass is 9.83. The van der Waals surface area contributed by atoms with Gasteiger partial charge in [-0.2, -0.15) is 13.2 Å². The number of hydrogen-bond acceptors (Lipinski definition) is 4. The first-order valence-corrected chi connectivity index (χ1v) is 11.9. The molecule has 1 N–H and O–H groups in total. The van der Waals surface area contributed by atoms with Crippen molar-refractivity contribution in [3.8, 4) is 11.1 Å². The van der Waals surface area contributed by atoms with E-state index in [4.69, 9.17) is 4.42 Å². The van der Waals surface area contributed by atoms with Crippen LogP contribution in [-0.4, -0.2) is 29.0 Å². The summed E-state index contributed by atoms with van der Waals surface area (Å²) >= 11 is 0. The van der Waals surface area contributed by atoms with E-state index in [1.165, 1.54) is 17.0 Å². The second-order valence-corrected chi connectivity index (χ2v) is 9.41. The fourth-order valence-corrected chi connectivity index (χ4v) is 4.85. The SMILES string of the molecule is Cc1ccc(-c2c(C(=O)N3CCC(O)(c4cccc(C(F)(F)F)c4)CC3)oc(=O)c3ccccc23)cc1. The molecule has 190 valence electrons. The smallest absolute Gasteiger partial charge is 0.416 e. The van der Waals surface area contributed by atoms with Gasteiger partial charge in [-0.25, -0.2) is 4.79 Å². The van der Waals surface area contributed by atoms with Crippen molar-refractivity contribution in [2.24, 2.45) is 0 Å². The number of fused-ring (bicyclic) bond motifs is 1. The van der Waals surface area contributed by atoms with E-state index in [1.54, 1.807) is 24.3 Å². The van der Waals surface area contributed by atoms with Crippen LogP contribution in [0.15, 0.2) is 82.0 Å². The summed E-state index contributed by atoms with van der Waals surface area (Å²) in [5, 5.41) is 12.1. The van der Waals surface area contributed by atoms with Crippen molar-refractivity contribution < 1.29 is 27.5 Å². The third-order valence-electron chi connectivity index (χ3n) is 6.98. The molecule has 5 rings (SSSR count). The van der Waals surface area contributed by atoms with Crippen molar-refractivity contribution in [3.63, 3.8) is 0 Å². The fraction of sp³-hybridized carbons (Fsp3) is 0.241. The van der Waals surface area contributed by atoms with Gasteiger partial charge < -0.3 is 14.4 Å². The maximum Gasteiger partial charge on any atom is 0.416 e. The van der Waals surface area contributed by atoms with Gasteiger partial charge in [0.25, 0.3) is 5.91 Å². The second kappa shape index (κ2) is 9.19. The molecule has 4 aromatic rings. The van der Waals surface area contributed by atoms with Gasteiger partial charge in [-0.05, 0) is 49.1 Å². The van der Waals surface area contributed by atoms with Crippen molar-refractivity contribution in [2.75, 3.05) is 13.1 Å². The predicted molar refractivity (Wildman–Crippen MR) is 133 cm³/mol. The zero-order chi connectivity index (χ0) is 26.4. The van der Waals surface area contributed by atoms with E-state index in [9.17, 15) is 27.9 Å². The summed E-state index contributed by atoms with van der Waals surface area (Å²) in [5.41, 5.74) is -0.576. The van der Waals surface area contributed by atoms with Crippen LogP contribution in [0.25, 0.3) is 21.9 Å². The van der Waals surface area contributed by atoms with Gasteiger partial charge in [0, 0.05) is 24.0 Å². The Morgan fingerprint density at radius 2 is 1.59 bits per heavy atom. The average Bonchev–Trinajstić information content (AvgIpc) is 2.89. The third kappa shape index (κ3) is 4.64. The Morgan fingerprint density at radius 3 is 2.24 bits per heavy atom. The summed E-state index contributed by atoms with van der Waals surface area (Å²) in [4.78, 5) is 27.9. The van der Waals surface area contributed by atoms with Gasteiger partial charge in [-0.3, -0.25) is 4.79 Å². The molecular weight excluding hydrogens is 483 g/mol. The molecule has 0 saturated carbocycles. The summed E-state index contributed by atoms with van der Waals surface area (Å²) in [6, 6.07) is 19.1. The molecular formula is C29H24F3NO4. The van der Waals surface area contributed by atoms with Crippen LogP contribution in [-0.2, 0) is 11.8 Å². The highest BCUT2D eigenvalue weighted by molar-refractivity contribution is 6.07. The van der Waals surface area contributed by atoms with E-state index < -0.39 is 28.9 Å². The summed E-state index contributed by atoms with van der Waals surface area (Å²) in [6.07, 6.45) is -4.45. The van der Waals surface area contributed by atoms with Crippen LogP contribution in [0.4, 0.5) is 13.2 Å². The van der Waals surface area contributed by atoms with Crippen LogP contribution >= 0.6 is 0 Å². The van der Waals surface area contributed by atoms with Crippen LogP contribution in [0.3, 0.4) is 0 Å². The molecule has 37 heavy (non-hydrogen) atoms. The lowest BCUT2D eigenvalue weighted by Crippen LogP contribution is -2.45. The number of alkyl halides is 3. The normalized spacial score (nSPS) is 15.6. The van der Waals surface area contributed by atoms with Crippen molar-refractivity contribution in [1.82, 2.24) is 4.90 Å². The molecule has 1 aliphatic heterocycles. The lowest BCUT2D eigenvalue weighted by Gasteiger charge is -2.38. The Hall–Kier alpha value is -3.91. The molecule has 3 aromatic carbocycles. The Morgan fingerprint density at radius 1 is 0.946 bits per heavy atom. The number of carbonyl (C=O) groups is 1. The first-order valence-electron chi connectivity index (χ1n) is 11.9. The predicted octanol–water partition coefficient (Wildman–Crippen LogP) is 5.91. The molecule has 0 spiro atoms. The first-order chi connectivity index (χ1) is 17.6. The average molecular weight is 508 g/mol. The van der Waals surface area contributed by atoms with Crippen molar-refractivity contribution >= 4 is 16.7 Å². The van der Waals surface area contributed by atoms with Crippen LogP contribution < -0.4 is 5.63 Å². The molecule has 0 radical (unpaired) electrons. The minimum atomic E-state index is -4.52. The second-order valence-electron chi connectivity index (χ2n) is 9.41. The Bertz CT molecular complexity index is 1530. The van der Waals surface area contributed by atoms with E-state index in [-0.39, 0.29) is 37.3 Å². The highest BCUT2D eigenvalue weighted by Gasteiger charge is 2.39. The largest absolute Gasteiger partial charge is 0.416 e. The molecule has 0 bridgehead atoms. The minimum absolute atomic E-state index is 0.0394. The number of likely N-dealkylation sites (tertiary alicyclic amines) is 1. The fourth-order valence-electron chi connectivity index (χ4n) is 4.85. The number of nitrogens with zero attached hydrogens (tertiary/aromatic N) is 1. The van der Waals surface area contributed by atoms with Gasteiger partial charge in [-0.15, -0.1) is 0 Å². The maximum atomic E-state index is 13.7. The highest BCUT2D eigenvalue weighted by atomic mass is 19.4. The number of rotatable bonds is 3. The number of aryl methyl sites for hydroxylation is 1. The van der Waals surface area contributed by atoms with Gasteiger partial charge in [0.2, 0.25) is 5.76 Å². The van der Waals surface area contributed by atoms with Crippen molar-refractivity contribution in [3.05, 3.63) is 106 Å². The van der Waals surface area contributed by atoms with Crippen molar-refractivity contribution in [1.29, 1.82) is 0 Å². The van der Waals surface area contributed by atoms with Gasteiger partial charge >= 0.3 is 11.8 Å². The van der Waals surface area contributed by atoms with Crippen LogP contribution in [0.1, 0.15) is 40.1 Å². The zero-order valence-electron chi connectivity index (χ0n) is 20.0. The molecule has 1 aliphatic rings. The van der Waals surface area contributed by atoms with Crippen LogP contribution in [0.2, 0.25) is 0 Å². The van der Waals surface area contributed by atoms with E-state index in [2.05, 4.69) is 0 Å². The summed E-state index contributed by atoms with van der Waals surface area (Å²) < 4.78 is 45.1. The third-order valence-corrected chi connectivity index (χ3v) is 6.98. The Balaban J connectivity index is 1.48. The summed E-state index contributed by atoms with van der Waals surface area (Å²) in [5.74, 6) is -0.610. The lowest BCUT2D eigenvalue weighted by molar-refractivity contribution is -0.137. The molecule has 0 aliphatic carbocycles. The molecule has 2 heterocycles. The highest BCUT2D eigenvalue weighted by Crippen LogP contribution is 2.38. The van der Waals surface area contributed by atoms with E-state index in [0.29, 0.717) is 21.9 Å². The number of carbonyl (C=O) groups excluding carboxylic acids is 1. The Labute approximate surface area is 210 Å². The summed E-state index contributed by atoms with van der Waals surface area (Å²) in [7, 11) is 0. The standard InChI is InChI=1S/C29H24F3NO4/c1-18-9-11-19(12-10-18)24-22-7-2-3-8-23(22)27(35)37-25(24)26(34)33-15-13-28(36,14-16-33)20-5-4-6-21(17-20)29(30,31)32/h2-12,17,36H,13-16H2,1H3. The molecule has 1 fully saturated rings. The molecule has 0 unspecified atom stereocenters. The maximum absolute atomic E-state index is 13.7. The number of amides is 1. The number of aliphatic hydroxyl groups is 1. The zero-order valence-corrected chi connectivity index (χ0v) is 20.0. The quantitative estimate of drug-likeness (QED) is 0.374. The topological polar surface area (TPSA) is 70.8 Å². The number of benzene rings is 3. The van der Waals surface area contributed by atoms with Gasteiger partial charge in [-0.1, -0.05) is 60.2 Å². The molecule has 0 atom stereocenters. The van der Waals surface area contributed by atoms with Crippen molar-refractivity contribution in [2.45, 2.75) is 31.5 Å². The molecule has 5 nitrogen and oxygen atoms in total. The molecule has 1 aromatic heterocycles. The monoisotopic (exact) mass is 507 g/mol. The van der Waals surface area contributed by atoms with Gasteiger partial charge in [0.05, 0.1) is 16.6 Å². The molecule has 8 heteroatoms. The minimum Gasteiger partial charge on any atom is -0.416 e. The molecule has 1 saturated heterocycles. The van der Waals surface area contributed by atoms with Gasteiger partial charge in [0.15, 0.2) is 0 Å². The first kappa shape index (κ1) is 24.8. The van der Waals surface area contributed by atoms with E-state index >= 15 is 0 Å². The molecule has 1 amide bonds.